The van der Waals surface area contributed by atoms with Gasteiger partial charge in [0, 0.05) is 36.7 Å². The van der Waals surface area contributed by atoms with Gasteiger partial charge in [0.15, 0.2) is 6.29 Å². The van der Waals surface area contributed by atoms with E-state index in [1.54, 1.807) is 33.5 Å². The molecule has 0 saturated heterocycles. The Kier molecular flexibility index (Phi) is 4.92. The fourth-order valence-electron chi connectivity index (χ4n) is 2.44. The van der Waals surface area contributed by atoms with Gasteiger partial charge in [0.1, 0.15) is 11.3 Å². The van der Waals surface area contributed by atoms with Crippen LogP contribution in [0.3, 0.4) is 0 Å². The minimum absolute atomic E-state index is 0.382. The maximum atomic E-state index is 12.3. The van der Waals surface area contributed by atoms with Crippen molar-refractivity contribution < 1.29 is 18.6 Å². The zero-order chi connectivity index (χ0) is 17.2. The average molecular weight is 318 g/mol. The Labute approximate surface area is 135 Å². The SMILES string of the molecule is C=CC(C)(C)c1cc2cc(C(OC)OC)c(OC)cc2oc1=O. The molecular formula is C18H22O5. The van der Waals surface area contributed by atoms with Crippen molar-refractivity contribution in [3.63, 3.8) is 0 Å². The van der Waals surface area contributed by atoms with Crippen molar-refractivity contribution in [2.45, 2.75) is 25.6 Å². The summed E-state index contributed by atoms with van der Waals surface area (Å²) in [5, 5.41) is 0.768. The molecule has 0 bridgehead atoms. The van der Waals surface area contributed by atoms with Gasteiger partial charge < -0.3 is 18.6 Å². The predicted molar refractivity (Wildman–Crippen MR) is 89.0 cm³/mol. The Bertz CT molecular complexity index is 769. The number of ether oxygens (including phenoxy) is 3. The maximum Gasteiger partial charge on any atom is 0.340 e. The van der Waals surface area contributed by atoms with Crippen LogP contribution in [0.5, 0.6) is 5.75 Å². The molecule has 1 aromatic carbocycles. The summed E-state index contributed by atoms with van der Waals surface area (Å²) in [5.74, 6) is 0.532. The number of hydrogen-bond donors (Lipinski definition) is 0. The first-order valence-electron chi connectivity index (χ1n) is 7.23. The highest BCUT2D eigenvalue weighted by Gasteiger charge is 2.23. The van der Waals surface area contributed by atoms with Crippen molar-refractivity contribution in [3.8, 4) is 5.75 Å². The van der Waals surface area contributed by atoms with Crippen LogP contribution in [0.4, 0.5) is 0 Å². The van der Waals surface area contributed by atoms with Crippen LogP contribution in [0.1, 0.15) is 31.3 Å². The molecule has 0 spiro atoms. The van der Waals surface area contributed by atoms with Crippen molar-refractivity contribution in [1.29, 1.82) is 0 Å². The number of benzene rings is 1. The summed E-state index contributed by atoms with van der Waals surface area (Å²) in [6, 6.07) is 5.33. The molecule has 124 valence electrons. The first-order chi connectivity index (χ1) is 10.9. The molecule has 0 atom stereocenters. The van der Waals surface area contributed by atoms with Gasteiger partial charge in [0.2, 0.25) is 0 Å². The van der Waals surface area contributed by atoms with Gasteiger partial charge in [-0.1, -0.05) is 19.9 Å². The Morgan fingerprint density at radius 2 is 1.83 bits per heavy atom. The van der Waals surface area contributed by atoms with Gasteiger partial charge in [-0.25, -0.2) is 4.79 Å². The molecule has 5 heteroatoms. The standard InChI is InChI=1S/C18H22O5/c1-7-18(2,3)13-9-11-8-12(17(21-5)22-6)15(20-4)10-14(11)23-16(13)19/h7-10,17H,1H2,2-6H3. The molecule has 0 amide bonds. The molecule has 0 N–H and O–H groups in total. The number of methoxy groups -OCH3 is 3. The van der Waals surface area contributed by atoms with Crippen LogP contribution in [0.2, 0.25) is 0 Å². The molecule has 0 aliphatic rings. The molecule has 23 heavy (non-hydrogen) atoms. The third kappa shape index (κ3) is 3.16. The molecule has 0 saturated carbocycles. The lowest BCUT2D eigenvalue weighted by Gasteiger charge is -2.20. The summed E-state index contributed by atoms with van der Waals surface area (Å²) < 4.78 is 21.4. The summed E-state index contributed by atoms with van der Waals surface area (Å²) in [4.78, 5) is 12.3. The second kappa shape index (κ2) is 6.56. The number of allylic oxidation sites excluding steroid dienone is 1. The van der Waals surface area contributed by atoms with Crippen molar-refractivity contribution in [2.75, 3.05) is 21.3 Å². The first-order valence-corrected chi connectivity index (χ1v) is 7.23. The average Bonchev–Trinajstić information content (AvgIpc) is 2.54. The van der Waals surface area contributed by atoms with E-state index in [1.807, 2.05) is 26.0 Å². The summed E-state index contributed by atoms with van der Waals surface area (Å²) in [5.41, 5.74) is 0.845. The van der Waals surface area contributed by atoms with Gasteiger partial charge in [0.25, 0.3) is 0 Å². The molecule has 1 aromatic heterocycles. The van der Waals surface area contributed by atoms with E-state index in [0.29, 0.717) is 16.9 Å². The second-order valence-corrected chi connectivity index (χ2v) is 5.81. The lowest BCUT2D eigenvalue weighted by molar-refractivity contribution is -0.106. The molecule has 1 heterocycles. The minimum atomic E-state index is -0.572. The summed E-state index contributed by atoms with van der Waals surface area (Å²) in [6.07, 6.45) is 1.15. The molecular weight excluding hydrogens is 296 g/mol. The van der Waals surface area contributed by atoms with Crippen LogP contribution >= 0.6 is 0 Å². The quantitative estimate of drug-likeness (QED) is 0.463. The lowest BCUT2D eigenvalue weighted by atomic mass is 9.85. The lowest BCUT2D eigenvalue weighted by Crippen LogP contribution is -2.22. The highest BCUT2D eigenvalue weighted by Crippen LogP contribution is 2.33. The van der Waals surface area contributed by atoms with E-state index in [9.17, 15) is 4.79 Å². The monoisotopic (exact) mass is 318 g/mol. The fourth-order valence-corrected chi connectivity index (χ4v) is 2.44. The molecule has 0 unspecified atom stereocenters. The Balaban J connectivity index is 2.75. The van der Waals surface area contributed by atoms with Gasteiger partial charge >= 0.3 is 5.63 Å². The Hall–Kier alpha value is -2.11. The molecule has 2 aromatic rings. The van der Waals surface area contributed by atoms with Crippen molar-refractivity contribution in [1.82, 2.24) is 0 Å². The van der Waals surface area contributed by atoms with Crippen LogP contribution in [0.15, 0.2) is 40.1 Å². The number of fused-ring (bicyclic) bond motifs is 1. The number of hydrogen-bond acceptors (Lipinski definition) is 5. The topological polar surface area (TPSA) is 57.9 Å². The van der Waals surface area contributed by atoms with Crippen LogP contribution in [0.25, 0.3) is 11.0 Å². The summed E-state index contributed by atoms with van der Waals surface area (Å²) >= 11 is 0. The molecule has 0 fully saturated rings. The minimum Gasteiger partial charge on any atom is -0.496 e. The fraction of sp³-hybridized carbons (Fsp3) is 0.389. The summed E-state index contributed by atoms with van der Waals surface area (Å²) in [7, 11) is 4.64. The zero-order valence-electron chi connectivity index (χ0n) is 14.1. The van der Waals surface area contributed by atoms with E-state index >= 15 is 0 Å². The highest BCUT2D eigenvalue weighted by atomic mass is 16.7. The van der Waals surface area contributed by atoms with E-state index in [-0.39, 0.29) is 5.63 Å². The summed E-state index contributed by atoms with van der Waals surface area (Å²) in [6.45, 7) is 7.61. The van der Waals surface area contributed by atoms with Gasteiger partial charge in [-0.3, -0.25) is 0 Å². The van der Waals surface area contributed by atoms with Crippen LogP contribution < -0.4 is 10.4 Å². The van der Waals surface area contributed by atoms with Crippen molar-refractivity contribution in [3.05, 3.63) is 52.4 Å². The third-order valence-electron chi connectivity index (χ3n) is 3.97. The number of rotatable bonds is 6. The molecule has 0 aliphatic heterocycles. The molecule has 0 aliphatic carbocycles. The maximum absolute atomic E-state index is 12.3. The Morgan fingerprint density at radius 3 is 2.35 bits per heavy atom. The molecule has 0 radical (unpaired) electrons. The van der Waals surface area contributed by atoms with Crippen LogP contribution in [-0.2, 0) is 14.9 Å². The predicted octanol–water partition coefficient (Wildman–Crippen LogP) is 3.56. The van der Waals surface area contributed by atoms with E-state index < -0.39 is 11.7 Å². The van der Waals surface area contributed by atoms with Gasteiger partial charge in [-0.05, 0) is 12.1 Å². The highest BCUT2D eigenvalue weighted by molar-refractivity contribution is 5.80. The van der Waals surface area contributed by atoms with E-state index in [0.717, 1.165) is 10.9 Å². The molecule has 2 rings (SSSR count). The van der Waals surface area contributed by atoms with Crippen molar-refractivity contribution in [2.24, 2.45) is 0 Å². The van der Waals surface area contributed by atoms with Gasteiger partial charge in [0.05, 0.1) is 12.7 Å². The Morgan fingerprint density at radius 1 is 1.17 bits per heavy atom. The largest absolute Gasteiger partial charge is 0.496 e. The van der Waals surface area contributed by atoms with E-state index in [1.165, 1.54) is 0 Å². The van der Waals surface area contributed by atoms with Crippen molar-refractivity contribution >= 4 is 11.0 Å². The third-order valence-corrected chi connectivity index (χ3v) is 3.97. The zero-order valence-corrected chi connectivity index (χ0v) is 14.1. The van der Waals surface area contributed by atoms with E-state index in [2.05, 4.69) is 6.58 Å². The normalized spacial score (nSPS) is 11.9. The van der Waals surface area contributed by atoms with E-state index in [4.69, 9.17) is 18.6 Å². The van der Waals surface area contributed by atoms with Crippen LogP contribution in [0, 0.1) is 0 Å². The van der Waals surface area contributed by atoms with Gasteiger partial charge in [-0.2, -0.15) is 0 Å². The first kappa shape index (κ1) is 17.2. The van der Waals surface area contributed by atoms with Gasteiger partial charge in [-0.15, -0.1) is 6.58 Å². The second-order valence-electron chi connectivity index (χ2n) is 5.81. The smallest absolute Gasteiger partial charge is 0.340 e. The van der Waals surface area contributed by atoms with Crippen LogP contribution in [-0.4, -0.2) is 21.3 Å². The molecule has 5 nitrogen and oxygen atoms in total.